The van der Waals surface area contributed by atoms with E-state index in [2.05, 4.69) is 5.32 Å². The molecule has 1 aromatic rings. The lowest BCUT2D eigenvalue weighted by Crippen LogP contribution is -2.46. The molecule has 0 aliphatic heterocycles. The third-order valence-electron chi connectivity index (χ3n) is 4.86. The standard InChI is InChI=1S/C20H26N2O5/c1-13(20(26)27)22(11-10-21-14(2)23)19(25)9-8-18(24)17-7-6-15-4-3-5-16(15)12-17/h6-7,12-13H,3-5,8-11H2,1-2H3,(H,21,23)(H,26,27). The first-order chi connectivity index (χ1) is 12.8. The minimum atomic E-state index is -1.13. The number of nitrogens with zero attached hydrogens (tertiary/aromatic N) is 1. The van der Waals surface area contributed by atoms with Gasteiger partial charge in [0.05, 0.1) is 0 Å². The number of nitrogens with one attached hydrogen (secondary N) is 1. The predicted octanol–water partition coefficient (Wildman–Crippen LogP) is 1.58. The number of carbonyl (C=O) groups excluding carboxylic acids is 3. The molecule has 0 bridgehead atoms. The van der Waals surface area contributed by atoms with Crippen LogP contribution in [0.25, 0.3) is 0 Å². The fraction of sp³-hybridized carbons (Fsp3) is 0.500. The molecule has 0 fully saturated rings. The molecule has 1 aliphatic rings. The number of ketones is 1. The highest BCUT2D eigenvalue weighted by molar-refractivity contribution is 5.98. The minimum Gasteiger partial charge on any atom is -0.480 e. The normalized spacial score (nSPS) is 13.6. The third kappa shape index (κ3) is 5.64. The Morgan fingerprint density at radius 2 is 1.85 bits per heavy atom. The number of carbonyl (C=O) groups is 4. The van der Waals surface area contributed by atoms with Gasteiger partial charge in [0, 0.05) is 38.4 Å². The highest BCUT2D eigenvalue weighted by atomic mass is 16.4. The van der Waals surface area contributed by atoms with Crippen molar-refractivity contribution in [1.82, 2.24) is 10.2 Å². The first-order valence-electron chi connectivity index (χ1n) is 9.21. The summed E-state index contributed by atoms with van der Waals surface area (Å²) in [4.78, 5) is 48.3. The first kappa shape index (κ1) is 20.6. The minimum absolute atomic E-state index is 0.0284. The number of fused-ring (bicyclic) bond motifs is 1. The van der Waals surface area contributed by atoms with E-state index in [1.807, 2.05) is 12.1 Å². The number of hydrogen-bond donors (Lipinski definition) is 2. The number of carboxylic acid groups (broad SMARTS) is 1. The van der Waals surface area contributed by atoms with Gasteiger partial charge >= 0.3 is 5.97 Å². The molecular formula is C20H26N2O5. The Morgan fingerprint density at radius 1 is 1.15 bits per heavy atom. The Hall–Kier alpha value is -2.70. The van der Waals surface area contributed by atoms with Gasteiger partial charge in [-0.1, -0.05) is 12.1 Å². The molecule has 0 aromatic heterocycles. The van der Waals surface area contributed by atoms with Gasteiger partial charge in [-0.3, -0.25) is 14.4 Å². The van der Waals surface area contributed by atoms with E-state index < -0.39 is 17.9 Å². The number of Topliss-reactive ketones (excluding diaryl/α,β-unsaturated/α-hetero) is 1. The van der Waals surface area contributed by atoms with Crippen molar-refractivity contribution in [2.75, 3.05) is 13.1 Å². The Labute approximate surface area is 158 Å². The van der Waals surface area contributed by atoms with Crippen LogP contribution in [-0.4, -0.2) is 52.7 Å². The Bertz CT molecular complexity index is 744. The summed E-state index contributed by atoms with van der Waals surface area (Å²) in [5.74, 6) is -1.92. The number of aryl methyl sites for hydroxylation is 2. The number of carboxylic acids is 1. The van der Waals surface area contributed by atoms with Crippen LogP contribution < -0.4 is 5.32 Å². The smallest absolute Gasteiger partial charge is 0.326 e. The molecule has 1 unspecified atom stereocenters. The molecule has 0 saturated heterocycles. The van der Waals surface area contributed by atoms with E-state index in [9.17, 15) is 24.3 Å². The molecule has 0 saturated carbocycles. The lowest BCUT2D eigenvalue weighted by atomic mass is 10.0. The second kappa shape index (κ2) is 9.30. The van der Waals surface area contributed by atoms with E-state index in [0.29, 0.717) is 5.56 Å². The maximum absolute atomic E-state index is 12.5. The predicted molar refractivity (Wildman–Crippen MR) is 99.5 cm³/mol. The summed E-state index contributed by atoms with van der Waals surface area (Å²) < 4.78 is 0. The van der Waals surface area contributed by atoms with E-state index in [1.165, 1.54) is 29.9 Å². The molecule has 7 nitrogen and oxygen atoms in total. The molecule has 1 aromatic carbocycles. The van der Waals surface area contributed by atoms with Gasteiger partial charge in [-0.15, -0.1) is 0 Å². The van der Waals surface area contributed by atoms with Crippen molar-refractivity contribution in [3.63, 3.8) is 0 Å². The first-order valence-corrected chi connectivity index (χ1v) is 9.21. The van der Waals surface area contributed by atoms with Crippen LogP contribution in [-0.2, 0) is 27.2 Å². The van der Waals surface area contributed by atoms with Crippen LogP contribution in [0.15, 0.2) is 18.2 Å². The maximum atomic E-state index is 12.5. The molecule has 0 heterocycles. The molecule has 0 spiro atoms. The number of hydrogen-bond acceptors (Lipinski definition) is 4. The monoisotopic (exact) mass is 374 g/mol. The second-order valence-electron chi connectivity index (χ2n) is 6.84. The topological polar surface area (TPSA) is 104 Å². The van der Waals surface area contributed by atoms with Crippen molar-refractivity contribution in [2.24, 2.45) is 0 Å². The number of benzene rings is 1. The fourth-order valence-corrected chi connectivity index (χ4v) is 3.27. The van der Waals surface area contributed by atoms with Crippen LogP contribution in [0.1, 0.15) is 54.6 Å². The summed E-state index contributed by atoms with van der Waals surface area (Å²) in [5, 5.41) is 11.8. The fourth-order valence-electron chi connectivity index (χ4n) is 3.27. The zero-order valence-corrected chi connectivity index (χ0v) is 15.8. The van der Waals surface area contributed by atoms with Gasteiger partial charge in [0.1, 0.15) is 6.04 Å². The Balaban J connectivity index is 1.95. The van der Waals surface area contributed by atoms with E-state index >= 15 is 0 Å². The van der Waals surface area contributed by atoms with Crippen LogP contribution in [0, 0.1) is 0 Å². The average molecular weight is 374 g/mol. The summed E-state index contributed by atoms with van der Waals surface area (Å²) in [6.07, 6.45) is 3.08. The molecule has 2 N–H and O–H groups in total. The summed E-state index contributed by atoms with van der Waals surface area (Å²) in [6.45, 7) is 3.01. The summed E-state index contributed by atoms with van der Waals surface area (Å²) >= 11 is 0. The van der Waals surface area contributed by atoms with Gasteiger partial charge in [-0.05, 0) is 43.4 Å². The molecule has 0 radical (unpaired) electrons. The van der Waals surface area contributed by atoms with Crippen LogP contribution in [0.5, 0.6) is 0 Å². The molecule has 1 aliphatic carbocycles. The molecule has 27 heavy (non-hydrogen) atoms. The zero-order valence-electron chi connectivity index (χ0n) is 15.8. The zero-order chi connectivity index (χ0) is 20.0. The van der Waals surface area contributed by atoms with E-state index in [1.54, 1.807) is 6.07 Å². The Kier molecular flexibility index (Phi) is 7.10. The van der Waals surface area contributed by atoms with Crippen molar-refractivity contribution in [3.05, 3.63) is 34.9 Å². The third-order valence-corrected chi connectivity index (χ3v) is 4.86. The van der Waals surface area contributed by atoms with Crippen molar-refractivity contribution >= 4 is 23.6 Å². The van der Waals surface area contributed by atoms with E-state index in [4.69, 9.17) is 0 Å². The van der Waals surface area contributed by atoms with Crippen molar-refractivity contribution in [1.29, 1.82) is 0 Å². The van der Waals surface area contributed by atoms with Crippen molar-refractivity contribution in [2.45, 2.75) is 52.0 Å². The molecule has 2 amide bonds. The molecule has 7 heteroatoms. The lowest BCUT2D eigenvalue weighted by molar-refractivity contribution is -0.149. The lowest BCUT2D eigenvalue weighted by Gasteiger charge is -2.26. The Morgan fingerprint density at radius 3 is 2.52 bits per heavy atom. The van der Waals surface area contributed by atoms with Crippen molar-refractivity contribution in [3.8, 4) is 0 Å². The number of aliphatic carboxylic acids is 1. The highest BCUT2D eigenvalue weighted by Crippen LogP contribution is 2.23. The van der Waals surface area contributed by atoms with Crippen LogP contribution in [0.2, 0.25) is 0 Å². The molecule has 2 rings (SSSR count). The summed E-state index contributed by atoms with van der Waals surface area (Å²) in [6, 6.07) is 4.65. The molecule has 146 valence electrons. The quantitative estimate of drug-likeness (QED) is 0.639. The van der Waals surface area contributed by atoms with Crippen LogP contribution >= 0.6 is 0 Å². The molecular weight excluding hydrogens is 348 g/mol. The maximum Gasteiger partial charge on any atom is 0.326 e. The SMILES string of the molecule is CC(=O)NCCN(C(=O)CCC(=O)c1ccc2c(c1)CCC2)C(C)C(=O)O. The largest absolute Gasteiger partial charge is 0.480 e. The second-order valence-corrected chi connectivity index (χ2v) is 6.84. The number of amides is 2. The van der Waals surface area contributed by atoms with Gasteiger partial charge in [-0.25, -0.2) is 4.79 Å². The van der Waals surface area contributed by atoms with Gasteiger partial charge in [0.25, 0.3) is 0 Å². The van der Waals surface area contributed by atoms with Crippen LogP contribution in [0.4, 0.5) is 0 Å². The van der Waals surface area contributed by atoms with Gasteiger partial charge in [0.2, 0.25) is 11.8 Å². The molecule has 1 atom stereocenters. The van der Waals surface area contributed by atoms with E-state index in [0.717, 1.165) is 19.3 Å². The van der Waals surface area contributed by atoms with Gasteiger partial charge in [-0.2, -0.15) is 0 Å². The van der Waals surface area contributed by atoms with E-state index in [-0.39, 0.29) is 37.6 Å². The van der Waals surface area contributed by atoms with Crippen molar-refractivity contribution < 1.29 is 24.3 Å². The van der Waals surface area contributed by atoms with Gasteiger partial charge in [0.15, 0.2) is 5.78 Å². The average Bonchev–Trinajstić information content (AvgIpc) is 3.09. The number of rotatable bonds is 9. The summed E-state index contributed by atoms with van der Waals surface area (Å²) in [7, 11) is 0. The highest BCUT2D eigenvalue weighted by Gasteiger charge is 2.25. The van der Waals surface area contributed by atoms with Gasteiger partial charge < -0.3 is 15.3 Å². The van der Waals surface area contributed by atoms with Crippen LogP contribution in [0.3, 0.4) is 0 Å². The summed E-state index contributed by atoms with van der Waals surface area (Å²) in [5.41, 5.74) is 3.07.